The number of hydrogen-bond donors (Lipinski definition) is 2. The maximum absolute atomic E-state index is 8.85. The smallest absolute Gasteiger partial charge is 0.187 e. The van der Waals surface area contributed by atoms with Crippen LogP contribution in [-0.2, 0) is 6.54 Å². The van der Waals surface area contributed by atoms with Gasteiger partial charge in [-0.25, -0.2) is 9.97 Å². The molecule has 3 aromatic heterocycles. The summed E-state index contributed by atoms with van der Waals surface area (Å²) in [6, 6.07) is 16.3. The van der Waals surface area contributed by atoms with Crippen LogP contribution >= 0.6 is 11.3 Å². The number of para-hydroxylation sites is 1. The third-order valence-corrected chi connectivity index (χ3v) is 6.41. The summed E-state index contributed by atoms with van der Waals surface area (Å²) in [5.41, 5.74) is 4.94. The van der Waals surface area contributed by atoms with Gasteiger partial charge in [-0.2, -0.15) is 5.26 Å². The van der Waals surface area contributed by atoms with Gasteiger partial charge in [0.1, 0.15) is 11.8 Å². The highest BCUT2D eigenvalue weighted by Crippen LogP contribution is 2.32. The lowest BCUT2D eigenvalue weighted by Gasteiger charge is -2.30. The highest BCUT2D eigenvalue weighted by atomic mass is 32.1. The number of aromatic amines is 1. The summed E-state index contributed by atoms with van der Waals surface area (Å²) < 4.78 is 0. The molecule has 4 heterocycles. The first-order valence-electron chi connectivity index (χ1n) is 10.1. The lowest BCUT2D eigenvalue weighted by molar-refractivity contribution is 0.202. The Bertz CT molecular complexity index is 1150. The lowest BCUT2D eigenvalue weighted by Crippen LogP contribution is -2.32. The quantitative estimate of drug-likeness (QED) is 0.480. The Morgan fingerprint density at radius 3 is 2.83 bits per heavy atom. The number of nitriles is 1. The van der Waals surface area contributed by atoms with Crippen LogP contribution in [0, 0.1) is 11.3 Å². The van der Waals surface area contributed by atoms with Crippen molar-refractivity contribution < 1.29 is 0 Å². The fourth-order valence-electron chi connectivity index (χ4n) is 4.03. The maximum Gasteiger partial charge on any atom is 0.187 e. The molecule has 0 unspecified atom stereocenters. The van der Waals surface area contributed by atoms with Crippen LogP contribution in [0.25, 0.3) is 10.9 Å². The summed E-state index contributed by atoms with van der Waals surface area (Å²) in [4.78, 5) is 15.0. The van der Waals surface area contributed by atoms with E-state index in [-0.39, 0.29) is 0 Å². The van der Waals surface area contributed by atoms with E-state index in [0.717, 1.165) is 43.3 Å². The summed E-state index contributed by atoms with van der Waals surface area (Å²) >= 11 is 1.62. The number of nitrogens with zero attached hydrogens (tertiary/aromatic N) is 4. The van der Waals surface area contributed by atoms with Crippen molar-refractivity contribution >= 4 is 33.1 Å². The van der Waals surface area contributed by atoms with Crippen molar-refractivity contribution in [1.82, 2.24) is 19.9 Å². The Hall–Kier alpha value is -3.21. The van der Waals surface area contributed by atoms with Gasteiger partial charge < -0.3 is 10.3 Å². The van der Waals surface area contributed by atoms with E-state index in [4.69, 9.17) is 10.2 Å². The average molecular weight is 415 g/mol. The van der Waals surface area contributed by atoms with E-state index in [1.165, 1.54) is 22.3 Å². The average Bonchev–Trinajstić information content (AvgIpc) is 3.41. The van der Waals surface area contributed by atoms with Crippen LogP contribution in [-0.4, -0.2) is 32.9 Å². The van der Waals surface area contributed by atoms with Gasteiger partial charge in [0, 0.05) is 29.1 Å². The molecule has 0 amide bonds. The molecule has 0 radical (unpaired) electrons. The van der Waals surface area contributed by atoms with Crippen LogP contribution in [0.3, 0.4) is 0 Å². The van der Waals surface area contributed by atoms with E-state index in [1.54, 1.807) is 23.6 Å². The van der Waals surface area contributed by atoms with E-state index in [9.17, 15) is 0 Å². The number of benzene rings is 1. The summed E-state index contributed by atoms with van der Waals surface area (Å²) in [5.74, 6) is 0.509. The van der Waals surface area contributed by atoms with E-state index >= 15 is 0 Å². The SMILES string of the molecule is N#Cc1ccc(Nc2nc(C3CCN(Cc4cc5ccccc5[nH]4)CC3)cs2)cn1. The molecule has 0 aliphatic carbocycles. The molecule has 30 heavy (non-hydrogen) atoms. The number of anilines is 2. The second kappa shape index (κ2) is 8.27. The molecule has 1 aromatic carbocycles. The number of rotatable bonds is 5. The monoisotopic (exact) mass is 414 g/mol. The van der Waals surface area contributed by atoms with Crippen LogP contribution in [0.2, 0.25) is 0 Å². The Kier molecular flexibility index (Phi) is 5.18. The molecule has 1 aliphatic heterocycles. The number of fused-ring (bicyclic) bond motifs is 1. The minimum Gasteiger partial charge on any atom is -0.357 e. The zero-order chi connectivity index (χ0) is 20.3. The zero-order valence-corrected chi connectivity index (χ0v) is 17.3. The molecule has 4 aromatic rings. The number of piperidine rings is 1. The first kappa shape index (κ1) is 18.8. The van der Waals surface area contributed by atoms with Crippen LogP contribution < -0.4 is 5.32 Å². The van der Waals surface area contributed by atoms with Crippen molar-refractivity contribution in [2.75, 3.05) is 18.4 Å². The molecular weight excluding hydrogens is 392 g/mol. The second-order valence-electron chi connectivity index (χ2n) is 7.68. The molecule has 5 rings (SSSR count). The van der Waals surface area contributed by atoms with Crippen LogP contribution in [0.5, 0.6) is 0 Å². The van der Waals surface area contributed by atoms with Gasteiger partial charge in [0.25, 0.3) is 0 Å². The molecular formula is C23H22N6S. The first-order chi connectivity index (χ1) is 14.8. The molecule has 0 saturated carbocycles. The summed E-state index contributed by atoms with van der Waals surface area (Å²) in [6.45, 7) is 3.14. The predicted molar refractivity (Wildman–Crippen MR) is 120 cm³/mol. The Labute approximate surface area is 179 Å². The number of pyridine rings is 1. The van der Waals surface area contributed by atoms with Gasteiger partial charge in [-0.3, -0.25) is 4.90 Å². The third-order valence-electron chi connectivity index (χ3n) is 5.64. The van der Waals surface area contributed by atoms with E-state index in [1.807, 2.05) is 12.1 Å². The highest BCUT2D eigenvalue weighted by Gasteiger charge is 2.23. The van der Waals surface area contributed by atoms with E-state index in [0.29, 0.717) is 11.6 Å². The van der Waals surface area contributed by atoms with Crippen molar-refractivity contribution in [3.05, 3.63) is 71.1 Å². The number of likely N-dealkylation sites (tertiary alicyclic amines) is 1. The molecule has 0 atom stereocenters. The molecule has 150 valence electrons. The van der Waals surface area contributed by atoms with Gasteiger partial charge >= 0.3 is 0 Å². The van der Waals surface area contributed by atoms with Crippen molar-refractivity contribution in [2.45, 2.75) is 25.3 Å². The number of thiazole rings is 1. The van der Waals surface area contributed by atoms with Crippen molar-refractivity contribution in [1.29, 1.82) is 5.26 Å². The molecule has 2 N–H and O–H groups in total. The summed E-state index contributed by atoms with van der Waals surface area (Å²) in [7, 11) is 0. The van der Waals surface area contributed by atoms with E-state index in [2.05, 4.69) is 55.9 Å². The topological polar surface area (TPSA) is 80.6 Å². The molecule has 1 fully saturated rings. The first-order valence-corrected chi connectivity index (χ1v) is 11.0. The number of nitrogens with one attached hydrogen (secondary N) is 2. The molecule has 1 aliphatic rings. The molecule has 7 heteroatoms. The third kappa shape index (κ3) is 4.06. The summed E-state index contributed by atoms with van der Waals surface area (Å²) in [6.07, 6.45) is 3.92. The van der Waals surface area contributed by atoms with E-state index < -0.39 is 0 Å². The highest BCUT2D eigenvalue weighted by molar-refractivity contribution is 7.13. The van der Waals surface area contributed by atoms with Crippen molar-refractivity contribution in [3.63, 3.8) is 0 Å². The molecule has 0 spiro atoms. The zero-order valence-electron chi connectivity index (χ0n) is 16.5. The van der Waals surface area contributed by atoms with Gasteiger partial charge in [0.2, 0.25) is 0 Å². The van der Waals surface area contributed by atoms with Gasteiger partial charge in [-0.1, -0.05) is 18.2 Å². The number of aromatic nitrogens is 3. The largest absolute Gasteiger partial charge is 0.357 e. The Morgan fingerprint density at radius 2 is 2.07 bits per heavy atom. The number of hydrogen-bond acceptors (Lipinski definition) is 6. The Morgan fingerprint density at radius 1 is 1.20 bits per heavy atom. The van der Waals surface area contributed by atoms with Crippen LogP contribution in [0.4, 0.5) is 10.8 Å². The minimum atomic E-state index is 0.416. The second-order valence-corrected chi connectivity index (χ2v) is 8.54. The van der Waals surface area contributed by atoms with Crippen molar-refractivity contribution in [3.8, 4) is 6.07 Å². The molecule has 0 bridgehead atoms. The van der Waals surface area contributed by atoms with Gasteiger partial charge in [-0.05, 0) is 55.6 Å². The van der Waals surface area contributed by atoms with Crippen LogP contribution in [0.15, 0.2) is 54.0 Å². The maximum atomic E-state index is 8.85. The normalized spacial score (nSPS) is 15.3. The minimum absolute atomic E-state index is 0.416. The van der Waals surface area contributed by atoms with Crippen LogP contribution in [0.1, 0.15) is 35.8 Å². The summed E-state index contributed by atoms with van der Waals surface area (Å²) in [5, 5.41) is 16.5. The van der Waals surface area contributed by atoms with Gasteiger partial charge in [0.05, 0.1) is 17.6 Å². The van der Waals surface area contributed by atoms with Gasteiger partial charge in [0.15, 0.2) is 5.13 Å². The number of H-pyrrole nitrogens is 1. The lowest BCUT2D eigenvalue weighted by atomic mass is 9.94. The molecule has 6 nitrogen and oxygen atoms in total. The fourth-order valence-corrected chi connectivity index (χ4v) is 4.85. The van der Waals surface area contributed by atoms with Gasteiger partial charge in [-0.15, -0.1) is 11.3 Å². The fraction of sp³-hybridized carbons (Fsp3) is 0.261. The van der Waals surface area contributed by atoms with Crippen molar-refractivity contribution in [2.24, 2.45) is 0 Å². The molecule has 1 saturated heterocycles. The Balaban J connectivity index is 1.17. The standard InChI is InChI=1S/C23H22N6S/c24-12-18-5-6-19(13-25-18)27-23-28-22(15-30-23)16-7-9-29(10-8-16)14-20-11-17-3-1-2-4-21(17)26-20/h1-6,11,13,15-16,26H,7-10,14H2,(H,27,28). The predicted octanol–water partition coefficient (Wildman–Crippen LogP) is 5.01.